The minimum Gasteiger partial charge on any atom is -0.477 e. The van der Waals surface area contributed by atoms with Gasteiger partial charge in [-0.1, -0.05) is 0 Å². The van der Waals surface area contributed by atoms with Gasteiger partial charge in [-0.15, -0.1) is 0 Å². The van der Waals surface area contributed by atoms with Gasteiger partial charge in [0.05, 0.1) is 6.54 Å². The molecule has 0 spiro atoms. The van der Waals surface area contributed by atoms with Crippen LogP contribution < -0.4 is 4.72 Å². The topological polar surface area (TPSA) is 117 Å². The number of rotatable bonds is 6. The molecule has 9 heteroatoms. The number of hydrogen-bond acceptors (Lipinski definition) is 4. The summed E-state index contributed by atoms with van der Waals surface area (Å²) in [6.07, 6.45) is 4.42. The number of hydrogen-bond donors (Lipinski definition) is 3. The lowest BCUT2D eigenvalue weighted by molar-refractivity contribution is 0.0683. The van der Waals surface area contributed by atoms with Gasteiger partial charge in [0, 0.05) is 24.6 Å². The SMILES string of the molecule is CC(C)n1cc(S(=O)(=O)NCc2ncc[nH]2)cc1C(=O)O. The summed E-state index contributed by atoms with van der Waals surface area (Å²) in [6.45, 7) is 3.56. The monoisotopic (exact) mass is 312 g/mol. The molecule has 2 aromatic heterocycles. The van der Waals surface area contributed by atoms with Crippen molar-refractivity contribution in [2.45, 2.75) is 31.3 Å². The second-order valence-electron chi connectivity index (χ2n) is 4.73. The van der Waals surface area contributed by atoms with Gasteiger partial charge in [-0.25, -0.2) is 22.9 Å². The molecule has 0 aliphatic carbocycles. The number of aromatic amines is 1. The number of aromatic nitrogens is 3. The lowest BCUT2D eigenvalue weighted by atomic mass is 10.3. The third-order valence-corrected chi connectivity index (χ3v) is 4.26. The molecule has 0 atom stereocenters. The number of aromatic carboxylic acids is 1. The van der Waals surface area contributed by atoms with Crippen LogP contribution in [0.2, 0.25) is 0 Å². The fourth-order valence-electron chi connectivity index (χ4n) is 1.84. The van der Waals surface area contributed by atoms with E-state index in [4.69, 9.17) is 5.11 Å². The molecule has 0 unspecified atom stereocenters. The van der Waals surface area contributed by atoms with Gasteiger partial charge in [0.25, 0.3) is 0 Å². The largest absolute Gasteiger partial charge is 0.477 e. The second-order valence-corrected chi connectivity index (χ2v) is 6.49. The van der Waals surface area contributed by atoms with Gasteiger partial charge in [0.15, 0.2) is 0 Å². The summed E-state index contributed by atoms with van der Waals surface area (Å²) < 4.78 is 28.1. The quantitative estimate of drug-likeness (QED) is 0.734. The summed E-state index contributed by atoms with van der Waals surface area (Å²) in [5, 5.41) is 9.12. The molecule has 0 fully saturated rings. The van der Waals surface area contributed by atoms with E-state index in [9.17, 15) is 13.2 Å². The normalized spacial score (nSPS) is 12.0. The molecule has 114 valence electrons. The lowest BCUT2D eigenvalue weighted by Gasteiger charge is -2.09. The maximum Gasteiger partial charge on any atom is 0.352 e. The molecule has 0 saturated heterocycles. The predicted molar refractivity (Wildman–Crippen MR) is 74.4 cm³/mol. The minimum atomic E-state index is -3.80. The van der Waals surface area contributed by atoms with Crippen LogP contribution >= 0.6 is 0 Å². The van der Waals surface area contributed by atoms with Crippen LogP contribution in [-0.4, -0.2) is 34.0 Å². The number of carbonyl (C=O) groups is 1. The number of nitrogens with zero attached hydrogens (tertiary/aromatic N) is 2. The maximum atomic E-state index is 12.2. The summed E-state index contributed by atoms with van der Waals surface area (Å²) in [5.74, 6) is -0.698. The Kier molecular flexibility index (Phi) is 4.14. The summed E-state index contributed by atoms with van der Waals surface area (Å²) >= 11 is 0. The molecular formula is C12H16N4O4S. The Morgan fingerprint density at radius 2 is 2.24 bits per heavy atom. The smallest absolute Gasteiger partial charge is 0.352 e. The van der Waals surface area contributed by atoms with E-state index >= 15 is 0 Å². The Bertz CT molecular complexity index is 731. The Morgan fingerprint density at radius 1 is 1.52 bits per heavy atom. The van der Waals surface area contributed by atoms with E-state index in [-0.39, 0.29) is 23.2 Å². The van der Waals surface area contributed by atoms with Crippen molar-refractivity contribution >= 4 is 16.0 Å². The average Bonchev–Trinajstić information content (AvgIpc) is 3.06. The first-order valence-electron chi connectivity index (χ1n) is 6.24. The molecule has 0 bridgehead atoms. The van der Waals surface area contributed by atoms with Gasteiger partial charge in [-0.2, -0.15) is 0 Å². The number of carboxylic acid groups (broad SMARTS) is 1. The standard InChI is InChI=1S/C12H16N4O4S/c1-8(2)16-7-9(5-10(16)12(17)18)21(19,20)15-6-11-13-3-4-14-11/h3-5,7-8,15H,6H2,1-2H3,(H,13,14)(H,17,18). The van der Waals surface area contributed by atoms with E-state index in [1.165, 1.54) is 17.0 Å². The first-order chi connectivity index (χ1) is 9.81. The minimum absolute atomic E-state index is 0.00456. The number of carboxylic acids is 1. The molecule has 3 N–H and O–H groups in total. The van der Waals surface area contributed by atoms with Gasteiger partial charge in [-0.3, -0.25) is 0 Å². The molecule has 0 aromatic carbocycles. The van der Waals surface area contributed by atoms with Crippen LogP contribution in [0.15, 0.2) is 29.6 Å². The molecule has 8 nitrogen and oxygen atoms in total. The van der Waals surface area contributed by atoms with Crippen molar-refractivity contribution in [1.29, 1.82) is 0 Å². The van der Waals surface area contributed by atoms with Crippen molar-refractivity contribution in [2.75, 3.05) is 0 Å². The molecule has 0 aliphatic rings. The zero-order valence-electron chi connectivity index (χ0n) is 11.6. The molecule has 0 aliphatic heterocycles. The van der Waals surface area contributed by atoms with E-state index in [1.807, 2.05) is 0 Å². The van der Waals surface area contributed by atoms with E-state index in [0.717, 1.165) is 6.07 Å². The highest BCUT2D eigenvalue weighted by atomic mass is 32.2. The number of sulfonamides is 1. The van der Waals surface area contributed by atoms with Crippen molar-refractivity contribution in [3.05, 3.63) is 36.2 Å². The van der Waals surface area contributed by atoms with E-state index in [1.54, 1.807) is 20.0 Å². The van der Waals surface area contributed by atoms with Crippen molar-refractivity contribution in [3.8, 4) is 0 Å². The number of nitrogens with one attached hydrogen (secondary N) is 2. The Morgan fingerprint density at radius 3 is 2.71 bits per heavy atom. The Balaban J connectivity index is 2.27. The number of H-pyrrole nitrogens is 1. The van der Waals surface area contributed by atoms with Gasteiger partial charge in [0.2, 0.25) is 10.0 Å². The van der Waals surface area contributed by atoms with Crippen LogP contribution in [0.3, 0.4) is 0 Å². The van der Waals surface area contributed by atoms with E-state index in [0.29, 0.717) is 5.82 Å². The van der Waals surface area contributed by atoms with Gasteiger partial charge < -0.3 is 14.7 Å². The molecular weight excluding hydrogens is 296 g/mol. The molecule has 2 aromatic rings. The van der Waals surface area contributed by atoms with E-state index in [2.05, 4.69) is 14.7 Å². The van der Waals surface area contributed by atoms with Gasteiger partial charge >= 0.3 is 5.97 Å². The second kappa shape index (κ2) is 5.70. The van der Waals surface area contributed by atoms with Crippen LogP contribution in [0.5, 0.6) is 0 Å². The predicted octanol–water partition coefficient (Wildman–Crippen LogP) is 0.969. The summed E-state index contributed by atoms with van der Waals surface area (Å²) in [5.41, 5.74) is -0.0663. The van der Waals surface area contributed by atoms with Crippen LogP contribution in [0.1, 0.15) is 36.2 Å². The van der Waals surface area contributed by atoms with Crippen LogP contribution in [-0.2, 0) is 16.6 Å². The van der Waals surface area contributed by atoms with Crippen LogP contribution in [0.4, 0.5) is 0 Å². The van der Waals surface area contributed by atoms with Crippen molar-refractivity contribution in [2.24, 2.45) is 0 Å². The highest BCUT2D eigenvalue weighted by Gasteiger charge is 2.22. The molecule has 21 heavy (non-hydrogen) atoms. The third-order valence-electron chi connectivity index (χ3n) is 2.89. The highest BCUT2D eigenvalue weighted by molar-refractivity contribution is 7.89. The van der Waals surface area contributed by atoms with Crippen LogP contribution in [0, 0.1) is 0 Å². The molecule has 2 heterocycles. The fraction of sp³-hybridized carbons (Fsp3) is 0.333. The maximum absolute atomic E-state index is 12.2. The van der Waals surface area contributed by atoms with Crippen molar-refractivity contribution in [1.82, 2.24) is 19.3 Å². The Hall–Kier alpha value is -2.13. The number of imidazole rings is 1. The summed E-state index contributed by atoms with van der Waals surface area (Å²) in [7, 11) is -3.80. The Labute approximate surface area is 121 Å². The first-order valence-corrected chi connectivity index (χ1v) is 7.72. The summed E-state index contributed by atoms with van der Waals surface area (Å²) in [6, 6.07) is 0.984. The van der Waals surface area contributed by atoms with E-state index < -0.39 is 16.0 Å². The third kappa shape index (κ3) is 3.31. The average molecular weight is 312 g/mol. The summed E-state index contributed by atoms with van der Waals surface area (Å²) in [4.78, 5) is 17.8. The molecule has 2 rings (SSSR count). The van der Waals surface area contributed by atoms with Crippen molar-refractivity contribution < 1.29 is 18.3 Å². The molecule has 0 amide bonds. The lowest BCUT2D eigenvalue weighted by Crippen LogP contribution is -2.23. The molecule has 0 saturated carbocycles. The zero-order chi connectivity index (χ0) is 15.6. The zero-order valence-corrected chi connectivity index (χ0v) is 12.4. The van der Waals surface area contributed by atoms with Gasteiger partial charge in [0.1, 0.15) is 16.4 Å². The molecule has 0 radical (unpaired) electrons. The van der Waals surface area contributed by atoms with Gasteiger partial charge in [-0.05, 0) is 19.9 Å². The van der Waals surface area contributed by atoms with Crippen molar-refractivity contribution in [3.63, 3.8) is 0 Å². The fourth-order valence-corrected chi connectivity index (χ4v) is 2.85. The van der Waals surface area contributed by atoms with Crippen LogP contribution in [0.25, 0.3) is 0 Å². The first kappa shape index (κ1) is 15.3. The highest BCUT2D eigenvalue weighted by Crippen LogP contribution is 2.19.